The summed E-state index contributed by atoms with van der Waals surface area (Å²) in [5, 5.41) is 18.5. The van der Waals surface area contributed by atoms with Crippen LogP contribution in [0.3, 0.4) is 0 Å². The van der Waals surface area contributed by atoms with Gasteiger partial charge >= 0.3 is 24.1 Å². The average Bonchev–Trinajstić information content (AvgIpc) is 2.84. The Hall–Kier alpha value is -2.52. The van der Waals surface area contributed by atoms with Crippen molar-refractivity contribution in [2.75, 3.05) is 6.61 Å². The minimum Gasteiger partial charge on any atom is -0.477 e. The van der Waals surface area contributed by atoms with Crippen LogP contribution < -0.4 is 4.57 Å². The largest absolute Gasteiger partial charge is 0.477 e. The molecule has 2 N–H and O–H groups in total. The highest BCUT2D eigenvalue weighted by atomic mass is 16.6. The monoisotopic (exact) mass is 340 g/mol. The van der Waals surface area contributed by atoms with Crippen LogP contribution in [-0.2, 0) is 23.8 Å². The lowest BCUT2D eigenvalue weighted by Gasteiger charge is -2.20. The lowest BCUT2D eigenvalue weighted by molar-refractivity contribution is -0.765. The first-order valence-corrected chi connectivity index (χ1v) is 7.18. The molecule has 2 rings (SSSR count). The molecular formula is C15H18NO8+. The third-order valence-electron chi connectivity index (χ3n) is 3.43. The summed E-state index contributed by atoms with van der Waals surface area (Å²) in [5.41, 5.74) is -0.000778. The molecule has 0 saturated carbocycles. The van der Waals surface area contributed by atoms with Crippen LogP contribution >= 0.6 is 0 Å². The molecule has 1 saturated heterocycles. The van der Waals surface area contributed by atoms with Crippen molar-refractivity contribution in [1.82, 2.24) is 0 Å². The third kappa shape index (κ3) is 3.87. The molecule has 0 radical (unpaired) electrons. The molecule has 1 aliphatic heterocycles. The van der Waals surface area contributed by atoms with Gasteiger partial charge in [0, 0.05) is 19.9 Å². The molecular weight excluding hydrogens is 322 g/mol. The predicted octanol–water partition coefficient (Wildman–Crippen LogP) is -0.575. The molecule has 0 aliphatic carbocycles. The van der Waals surface area contributed by atoms with E-state index in [1.165, 1.54) is 42.9 Å². The number of aromatic carboxylic acids is 1. The fourth-order valence-electron chi connectivity index (χ4n) is 2.52. The Morgan fingerprint density at radius 2 is 1.83 bits per heavy atom. The molecule has 2 heterocycles. The Bertz CT molecular complexity index is 646. The van der Waals surface area contributed by atoms with Crippen molar-refractivity contribution in [3.05, 3.63) is 30.1 Å². The van der Waals surface area contributed by atoms with Crippen LogP contribution in [0.4, 0.5) is 0 Å². The van der Waals surface area contributed by atoms with Crippen LogP contribution in [-0.4, -0.2) is 53.0 Å². The second kappa shape index (κ2) is 7.37. The van der Waals surface area contributed by atoms with Crippen LogP contribution in [0.15, 0.2) is 24.5 Å². The summed E-state index contributed by atoms with van der Waals surface area (Å²) in [7, 11) is 0. The van der Waals surface area contributed by atoms with Gasteiger partial charge in [0.2, 0.25) is 6.10 Å². The van der Waals surface area contributed by atoms with E-state index in [1.54, 1.807) is 0 Å². The number of carboxylic acid groups (broad SMARTS) is 1. The lowest BCUT2D eigenvalue weighted by atomic mass is 10.1. The number of rotatable bonds is 5. The number of carbonyl (C=O) groups excluding carboxylic acids is 2. The zero-order chi connectivity index (χ0) is 17.9. The Balaban J connectivity index is 2.38. The van der Waals surface area contributed by atoms with Gasteiger partial charge in [-0.3, -0.25) is 9.59 Å². The van der Waals surface area contributed by atoms with Crippen LogP contribution in [0.5, 0.6) is 0 Å². The van der Waals surface area contributed by atoms with Gasteiger partial charge in [0.15, 0.2) is 18.5 Å². The van der Waals surface area contributed by atoms with Gasteiger partial charge in [0.05, 0.1) is 6.61 Å². The smallest absolute Gasteiger partial charge is 0.341 e. The molecule has 130 valence electrons. The normalized spacial score (nSPS) is 26.0. The molecule has 2 unspecified atom stereocenters. The highest BCUT2D eigenvalue weighted by Crippen LogP contribution is 2.30. The molecule has 1 aromatic rings. The number of pyridine rings is 1. The number of nitrogens with zero attached hydrogens (tertiary/aromatic N) is 1. The van der Waals surface area contributed by atoms with Crippen molar-refractivity contribution in [2.24, 2.45) is 0 Å². The molecule has 1 aromatic heterocycles. The van der Waals surface area contributed by atoms with Gasteiger partial charge in [-0.1, -0.05) is 0 Å². The minimum atomic E-state index is -1.14. The van der Waals surface area contributed by atoms with Gasteiger partial charge in [-0.05, 0) is 6.07 Å². The summed E-state index contributed by atoms with van der Waals surface area (Å²) < 4.78 is 17.3. The summed E-state index contributed by atoms with van der Waals surface area (Å²) in [5.74, 6) is -2.38. The van der Waals surface area contributed by atoms with E-state index < -0.39 is 49.1 Å². The maximum atomic E-state index is 11.4. The topological polar surface area (TPSA) is 123 Å². The number of aromatic nitrogens is 1. The number of carboxylic acids is 1. The molecule has 4 atom stereocenters. The molecule has 1 aliphatic rings. The van der Waals surface area contributed by atoms with Gasteiger partial charge in [0.1, 0.15) is 11.7 Å². The number of carbonyl (C=O) groups is 3. The van der Waals surface area contributed by atoms with Crippen molar-refractivity contribution < 1.29 is 43.4 Å². The molecule has 9 nitrogen and oxygen atoms in total. The number of hydrogen-bond acceptors (Lipinski definition) is 7. The standard InChI is InChI=1S/C15H17NO8/c1-8(18)22-12-11(7-17)24-14(13(12)23-9(2)19)16-5-3-4-10(6-16)15(20)21/h3-6,11-14,17H,7H2,1-2H3/p+1/t11-,12?,13?,14-/m1/s1. The predicted molar refractivity (Wildman–Crippen MR) is 75.7 cm³/mol. The molecule has 1 fully saturated rings. The van der Waals surface area contributed by atoms with Crippen molar-refractivity contribution in [2.45, 2.75) is 38.4 Å². The van der Waals surface area contributed by atoms with E-state index in [4.69, 9.17) is 19.3 Å². The Labute approximate surface area is 137 Å². The molecule has 0 bridgehead atoms. The van der Waals surface area contributed by atoms with E-state index in [0.717, 1.165) is 0 Å². The van der Waals surface area contributed by atoms with Gasteiger partial charge in [-0.25, -0.2) is 4.79 Å². The van der Waals surface area contributed by atoms with E-state index in [-0.39, 0.29) is 5.56 Å². The summed E-state index contributed by atoms with van der Waals surface area (Å²) >= 11 is 0. The van der Waals surface area contributed by atoms with E-state index >= 15 is 0 Å². The van der Waals surface area contributed by atoms with Gasteiger partial charge in [-0.2, -0.15) is 4.57 Å². The zero-order valence-electron chi connectivity index (χ0n) is 13.1. The molecule has 9 heteroatoms. The second-order valence-corrected chi connectivity index (χ2v) is 5.24. The van der Waals surface area contributed by atoms with Gasteiger partial charge < -0.3 is 24.4 Å². The number of aliphatic hydroxyl groups excluding tert-OH is 1. The first-order valence-electron chi connectivity index (χ1n) is 7.18. The fraction of sp³-hybridized carbons (Fsp3) is 0.467. The highest BCUT2D eigenvalue weighted by molar-refractivity contribution is 5.86. The maximum Gasteiger partial charge on any atom is 0.341 e. The quantitative estimate of drug-likeness (QED) is 0.539. The SMILES string of the molecule is CC(=O)OC1C(OC(C)=O)[C@@H](CO)O[C@H]1[n+]1cccc(C(=O)O)c1. The summed E-state index contributed by atoms with van der Waals surface area (Å²) in [6.45, 7) is 1.91. The first-order chi connectivity index (χ1) is 11.3. The number of ether oxygens (including phenoxy) is 3. The van der Waals surface area contributed by atoms with Crippen molar-refractivity contribution in [3.63, 3.8) is 0 Å². The molecule has 0 spiro atoms. The average molecular weight is 340 g/mol. The number of esters is 2. The van der Waals surface area contributed by atoms with Crippen LogP contribution in [0.2, 0.25) is 0 Å². The Morgan fingerprint density at radius 3 is 2.38 bits per heavy atom. The first kappa shape index (κ1) is 17.8. The molecule has 24 heavy (non-hydrogen) atoms. The van der Waals surface area contributed by atoms with E-state index in [0.29, 0.717) is 0 Å². The third-order valence-corrected chi connectivity index (χ3v) is 3.43. The highest BCUT2D eigenvalue weighted by Gasteiger charge is 2.54. The van der Waals surface area contributed by atoms with Crippen molar-refractivity contribution in [3.8, 4) is 0 Å². The van der Waals surface area contributed by atoms with Gasteiger partial charge in [-0.15, -0.1) is 0 Å². The molecule has 0 aromatic carbocycles. The Kier molecular flexibility index (Phi) is 5.47. The number of aliphatic hydroxyl groups is 1. The van der Waals surface area contributed by atoms with Crippen LogP contribution in [0, 0.1) is 0 Å². The lowest BCUT2D eigenvalue weighted by Crippen LogP contribution is -2.48. The summed E-state index contributed by atoms with van der Waals surface area (Å²) in [6.07, 6.45) is -1.08. The maximum absolute atomic E-state index is 11.4. The minimum absolute atomic E-state index is 0.000778. The second-order valence-electron chi connectivity index (χ2n) is 5.24. The van der Waals surface area contributed by atoms with Crippen LogP contribution in [0.1, 0.15) is 30.4 Å². The summed E-state index contributed by atoms with van der Waals surface area (Å²) in [4.78, 5) is 33.8. The Morgan fingerprint density at radius 1 is 1.21 bits per heavy atom. The number of hydrogen-bond donors (Lipinski definition) is 2. The zero-order valence-corrected chi connectivity index (χ0v) is 13.1. The summed E-state index contributed by atoms with van der Waals surface area (Å²) in [6, 6.07) is 2.88. The van der Waals surface area contributed by atoms with Crippen molar-refractivity contribution in [1.29, 1.82) is 0 Å². The fourth-order valence-corrected chi connectivity index (χ4v) is 2.52. The van der Waals surface area contributed by atoms with Crippen molar-refractivity contribution >= 4 is 17.9 Å². The molecule has 0 amide bonds. The van der Waals surface area contributed by atoms with E-state index in [2.05, 4.69) is 0 Å². The van der Waals surface area contributed by atoms with E-state index in [9.17, 15) is 19.5 Å². The van der Waals surface area contributed by atoms with Crippen LogP contribution in [0.25, 0.3) is 0 Å². The van der Waals surface area contributed by atoms with E-state index in [1.807, 2.05) is 0 Å². The van der Waals surface area contributed by atoms with Gasteiger partial charge in [0.25, 0.3) is 0 Å².